The van der Waals surface area contributed by atoms with Crippen LogP contribution in [0.4, 0.5) is 5.69 Å². The van der Waals surface area contributed by atoms with Crippen molar-refractivity contribution in [2.24, 2.45) is 0 Å². The van der Waals surface area contributed by atoms with Crippen LogP contribution in [0.25, 0.3) is 0 Å². The first-order valence-corrected chi connectivity index (χ1v) is 14.1. The van der Waals surface area contributed by atoms with Crippen molar-refractivity contribution in [2.45, 2.75) is 57.8 Å². The van der Waals surface area contributed by atoms with Gasteiger partial charge in [0.2, 0.25) is 5.91 Å². The average Bonchev–Trinajstić information content (AvgIpc) is 3.36. The number of nitrogens with zero attached hydrogens (tertiary/aromatic N) is 2. The number of carbonyl (C=O) groups is 3. The van der Waals surface area contributed by atoms with Crippen LogP contribution in [-0.4, -0.2) is 83.8 Å². The molecule has 0 radical (unpaired) electrons. The number of para-hydroxylation sites is 1. The highest BCUT2D eigenvalue weighted by molar-refractivity contribution is 7.99. The molecule has 0 unspecified atom stereocenters. The van der Waals surface area contributed by atoms with E-state index in [-0.39, 0.29) is 24.8 Å². The Morgan fingerprint density at radius 3 is 2.46 bits per heavy atom. The molecule has 10 heteroatoms. The molecule has 3 atom stereocenters. The summed E-state index contributed by atoms with van der Waals surface area (Å²) in [6.45, 7) is 7.25. The summed E-state index contributed by atoms with van der Waals surface area (Å²) in [4.78, 5) is 42.7. The molecule has 0 spiro atoms. The lowest BCUT2D eigenvalue weighted by molar-refractivity contribution is -0.147. The number of aliphatic hydroxyl groups is 1. The van der Waals surface area contributed by atoms with Crippen LogP contribution in [0.5, 0.6) is 5.75 Å². The van der Waals surface area contributed by atoms with E-state index < -0.39 is 35.5 Å². The molecule has 1 aliphatic rings. The van der Waals surface area contributed by atoms with E-state index in [4.69, 9.17) is 4.74 Å². The molecule has 0 aromatic heterocycles. The molecule has 3 rings (SSSR count). The van der Waals surface area contributed by atoms with E-state index in [0.717, 1.165) is 16.8 Å². The first-order chi connectivity index (χ1) is 18.4. The zero-order valence-corrected chi connectivity index (χ0v) is 24.4. The van der Waals surface area contributed by atoms with E-state index in [2.05, 4.69) is 10.6 Å². The Morgan fingerprint density at radius 1 is 1.13 bits per heavy atom. The SMILES string of the molecule is Cc1cccc(N(C)C)c1OCC(=O)N[C@@H](Cc1ccccc1)[C@H](O)C(=O)N1CSC[C@H]1C(=O)NC(C)(C)C. The largest absolute Gasteiger partial charge is 0.481 e. The number of thioether (sulfide) groups is 1. The van der Waals surface area contributed by atoms with E-state index in [0.29, 0.717) is 11.5 Å². The molecule has 2 aromatic carbocycles. The smallest absolute Gasteiger partial charge is 0.258 e. The first kappa shape index (κ1) is 30.3. The van der Waals surface area contributed by atoms with Gasteiger partial charge in [0.1, 0.15) is 11.8 Å². The van der Waals surface area contributed by atoms with Crippen molar-refractivity contribution in [2.75, 3.05) is 37.2 Å². The van der Waals surface area contributed by atoms with Gasteiger partial charge in [0.25, 0.3) is 11.8 Å². The zero-order valence-electron chi connectivity index (χ0n) is 23.6. The predicted molar refractivity (Wildman–Crippen MR) is 155 cm³/mol. The third-order valence-corrected chi connectivity index (χ3v) is 7.28. The number of ether oxygens (including phenoxy) is 1. The van der Waals surface area contributed by atoms with Gasteiger partial charge in [-0.05, 0) is 51.3 Å². The molecule has 3 N–H and O–H groups in total. The Bertz CT molecular complexity index is 1150. The summed E-state index contributed by atoms with van der Waals surface area (Å²) in [5.41, 5.74) is 2.12. The van der Waals surface area contributed by atoms with E-state index in [1.54, 1.807) is 0 Å². The summed E-state index contributed by atoms with van der Waals surface area (Å²) in [7, 11) is 3.79. The Morgan fingerprint density at radius 2 is 1.82 bits per heavy atom. The molecule has 0 saturated carbocycles. The highest BCUT2D eigenvalue weighted by Gasteiger charge is 2.40. The highest BCUT2D eigenvalue weighted by Crippen LogP contribution is 2.30. The number of rotatable bonds is 10. The second-order valence-corrected chi connectivity index (χ2v) is 12.0. The minimum absolute atomic E-state index is 0.229. The van der Waals surface area contributed by atoms with Gasteiger partial charge in [-0.15, -0.1) is 11.8 Å². The normalized spacial score (nSPS) is 16.8. The summed E-state index contributed by atoms with van der Waals surface area (Å²) in [6, 6.07) is 13.4. The Labute approximate surface area is 235 Å². The van der Waals surface area contributed by atoms with Crippen LogP contribution in [0.2, 0.25) is 0 Å². The number of hydrogen-bond acceptors (Lipinski definition) is 7. The number of anilines is 1. The minimum Gasteiger partial charge on any atom is -0.481 e. The Balaban J connectivity index is 1.75. The summed E-state index contributed by atoms with van der Waals surface area (Å²) in [5, 5.41) is 17.0. The van der Waals surface area contributed by atoms with Gasteiger partial charge in [0.05, 0.1) is 17.6 Å². The lowest BCUT2D eigenvalue weighted by atomic mass is 9.99. The molecule has 1 aliphatic heterocycles. The monoisotopic (exact) mass is 556 g/mol. The van der Waals surface area contributed by atoms with Crippen molar-refractivity contribution >= 4 is 35.2 Å². The van der Waals surface area contributed by atoms with Crippen LogP contribution in [0.3, 0.4) is 0 Å². The second kappa shape index (κ2) is 13.2. The van der Waals surface area contributed by atoms with Crippen molar-refractivity contribution in [3.8, 4) is 5.75 Å². The van der Waals surface area contributed by atoms with Crippen LogP contribution in [0.1, 0.15) is 31.9 Å². The fourth-order valence-corrected chi connectivity index (χ4v) is 5.51. The van der Waals surface area contributed by atoms with Crippen LogP contribution < -0.4 is 20.3 Å². The summed E-state index contributed by atoms with van der Waals surface area (Å²) >= 11 is 1.45. The van der Waals surface area contributed by atoms with Gasteiger partial charge in [-0.1, -0.05) is 42.5 Å². The van der Waals surface area contributed by atoms with Gasteiger partial charge in [-0.25, -0.2) is 0 Å². The topological polar surface area (TPSA) is 111 Å². The quantitative estimate of drug-likeness (QED) is 0.412. The molecule has 0 bridgehead atoms. The third kappa shape index (κ3) is 8.37. The van der Waals surface area contributed by atoms with Crippen molar-refractivity contribution in [3.63, 3.8) is 0 Å². The van der Waals surface area contributed by atoms with Crippen LogP contribution in [0, 0.1) is 6.92 Å². The maximum atomic E-state index is 13.5. The van der Waals surface area contributed by atoms with Gasteiger partial charge in [-0.2, -0.15) is 0 Å². The molecular weight excluding hydrogens is 516 g/mol. The molecule has 2 aromatic rings. The van der Waals surface area contributed by atoms with Crippen molar-refractivity contribution < 1.29 is 24.2 Å². The third-order valence-electron chi connectivity index (χ3n) is 6.27. The minimum atomic E-state index is -1.55. The van der Waals surface area contributed by atoms with E-state index >= 15 is 0 Å². The number of aryl methyl sites for hydroxylation is 1. The van der Waals surface area contributed by atoms with Crippen LogP contribution in [-0.2, 0) is 20.8 Å². The van der Waals surface area contributed by atoms with Gasteiger partial charge in [0, 0.05) is 25.4 Å². The van der Waals surface area contributed by atoms with E-state index in [1.165, 1.54) is 16.7 Å². The number of aliphatic hydroxyl groups excluding tert-OH is 1. The Kier molecular flexibility index (Phi) is 10.3. The highest BCUT2D eigenvalue weighted by atomic mass is 32.2. The van der Waals surface area contributed by atoms with Gasteiger partial charge >= 0.3 is 0 Å². The molecule has 0 aliphatic carbocycles. The fraction of sp³-hybridized carbons (Fsp3) is 0.483. The summed E-state index contributed by atoms with van der Waals surface area (Å²) < 4.78 is 5.89. The molecule has 3 amide bonds. The number of nitrogens with one attached hydrogen (secondary N) is 2. The average molecular weight is 557 g/mol. The first-order valence-electron chi connectivity index (χ1n) is 13.0. The zero-order chi connectivity index (χ0) is 28.7. The number of hydrogen-bond donors (Lipinski definition) is 3. The van der Waals surface area contributed by atoms with Crippen molar-refractivity contribution in [3.05, 3.63) is 59.7 Å². The van der Waals surface area contributed by atoms with E-state index in [9.17, 15) is 19.5 Å². The molecular formula is C29H40N4O5S. The summed E-state index contributed by atoms with van der Waals surface area (Å²) in [5.74, 6) is -0.00293. The molecule has 9 nitrogen and oxygen atoms in total. The molecule has 212 valence electrons. The number of benzene rings is 2. The van der Waals surface area contributed by atoms with Crippen molar-refractivity contribution in [1.29, 1.82) is 0 Å². The van der Waals surface area contributed by atoms with Gasteiger partial charge < -0.3 is 30.3 Å². The van der Waals surface area contributed by atoms with Crippen LogP contribution in [0.15, 0.2) is 48.5 Å². The Hall–Kier alpha value is -3.24. The summed E-state index contributed by atoms with van der Waals surface area (Å²) in [6.07, 6.45) is -1.32. The van der Waals surface area contributed by atoms with E-state index in [1.807, 2.05) is 95.2 Å². The molecule has 39 heavy (non-hydrogen) atoms. The molecule has 1 saturated heterocycles. The van der Waals surface area contributed by atoms with Gasteiger partial charge in [0.15, 0.2) is 12.7 Å². The number of carbonyl (C=O) groups excluding carboxylic acids is 3. The maximum Gasteiger partial charge on any atom is 0.258 e. The molecule has 1 heterocycles. The maximum absolute atomic E-state index is 13.5. The predicted octanol–water partition coefficient (Wildman–Crippen LogP) is 2.34. The lowest BCUT2D eigenvalue weighted by Crippen LogP contribution is -2.58. The molecule has 1 fully saturated rings. The van der Waals surface area contributed by atoms with Gasteiger partial charge in [-0.3, -0.25) is 14.4 Å². The second-order valence-electron chi connectivity index (χ2n) is 11.0. The fourth-order valence-electron chi connectivity index (χ4n) is 4.34. The number of amides is 3. The van der Waals surface area contributed by atoms with Crippen molar-refractivity contribution in [1.82, 2.24) is 15.5 Å². The lowest BCUT2D eigenvalue weighted by Gasteiger charge is -2.31. The van der Waals surface area contributed by atoms with Crippen LogP contribution >= 0.6 is 11.8 Å². The standard InChI is InChI=1S/C29H40N4O5S/c1-19-11-10-14-22(32(5)6)26(19)38-16-24(34)30-21(15-20-12-8-7-9-13-20)25(35)28(37)33-18-39-17-23(33)27(36)31-29(2,3)4/h7-14,21,23,25,35H,15-18H2,1-6H3,(H,30,34)(H,31,36)/t21-,23-,25-/m0/s1.